The monoisotopic (exact) mass is 493 g/mol. The fraction of sp³-hybridized carbons (Fsp3) is 0.320. The number of rotatable bonds is 6. The fourth-order valence-corrected chi connectivity index (χ4v) is 5.06. The first-order chi connectivity index (χ1) is 16.8. The number of nitrogens with one attached hydrogen (secondary N) is 1. The van der Waals surface area contributed by atoms with Crippen molar-refractivity contribution in [3.8, 4) is 11.4 Å². The van der Waals surface area contributed by atoms with Gasteiger partial charge in [0.1, 0.15) is 11.7 Å². The number of carbonyl (C=O) groups excluding carboxylic acids is 1. The van der Waals surface area contributed by atoms with E-state index in [0.717, 1.165) is 23.4 Å². The number of morpholine rings is 1. The maximum absolute atomic E-state index is 13.5. The molecule has 0 bridgehead atoms. The van der Waals surface area contributed by atoms with E-state index < -0.39 is 15.9 Å². The first-order valence-corrected chi connectivity index (χ1v) is 13.4. The zero-order chi connectivity index (χ0) is 24.6. The summed E-state index contributed by atoms with van der Waals surface area (Å²) in [7, 11) is -3.29. The van der Waals surface area contributed by atoms with Crippen molar-refractivity contribution in [2.75, 3.05) is 47.7 Å². The summed E-state index contributed by atoms with van der Waals surface area (Å²) in [6.07, 6.45) is 2.87. The van der Waals surface area contributed by atoms with E-state index in [2.05, 4.69) is 10.3 Å². The second-order valence-corrected chi connectivity index (χ2v) is 10.7. The van der Waals surface area contributed by atoms with Crippen LogP contribution >= 0.6 is 0 Å². The molecular weight excluding hydrogens is 466 g/mol. The molecule has 1 amide bonds. The van der Waals surface area contributed by atoms with Crippen LogP contribution in [0.2, 0.25) is 0 Å². The Morgan fingerprint density at radius 2 is 1.97 bits per heavy atom. The van der Waals surface area contributed by atoms with E-state index in [0.29, 0.717) is 30.5 Å². The van der Waals surface area contributed by atoms with Crippen molar-refractivity contribution in [2.45, 2.75) is 24.4 Å². The van der Waals surface area contributed by atoms with Gasteiger partial charge in [-0.15, -0.1) is 0 Å². The Morgan fingerprint density at radius 1 is 1.17 bits per heavy atom. The van der Waals surface area contributed by atoms with E-state index in [9.17, 15) is 13.2 Å². The quantitative estimate of drug-likeness (QED) is 0.559. The summed E-state index contributed by atoms with van der Waals surface area (Å²) in [5.74, 6) is 1.19. The van der Waals surface area contributed by atoms with Gasteiger partial charge in [0, 0.05) is 30.6 Å². The summed E-state index contributed by atoms with van der Waals surface area (Å²) in [5, 5.41) is 3.31. The number of fused-ring (bicyclic) bond motifs is 3. The maximum Gasteiger partial charge on any atom is 0.252 e. The zero-order valence-electron chi connectivity index (χ0n) is 19.6. The number of carbonyl (C=O) groups is 1. The molecule has 2 aliphatic rings. The smallest absolute Gasteiger partial charge is 0.252 e. The van der Waals surface area contributed by atoms with Gasteiger partial charge in [-0.05, 0) is 36.8 Å². The molecule has 1 fully saturated rings. The largest absolute Gasteiger partial charge is 0.385 e. The van der Waals surface area contributed by atoms with Crippen LogP contribution in [0.1, 0.15) is 12.5 Å². The molecular formula is C25H27N5O4S. The van der Waals surface area contributed by atoms with Gasteiger partial charge in [-0.2, -0.15) is 0 Å². The van der Waals surface area contributed by atoms with Crippen LogP contribution in [-0.4, -0.2) is 62.9 Å². The average molecular weight is 494 g/mol. The van der Waals surface area contributed by atoms with E-state index in [1.54, 1.807) is 35.4 Å². The lowest BCUT2D eigenvalue weighted by Gasteiger charge is -2.43. The molecule has 3 heterocycles. The Balaban J connectivity index is 1.53. The Morgan fingerprint density at radius 3 is 2.71 bits per heavy atom. The molecule has 1 N–H and O–H groups in total. The number of hydrogen-bond acceptors (Lipinski definition) is 8. The van der Waals surface area contributed by atoms with Gasteiger partial charge in [-0.25, -0.2) is 18.4 Å². The molecule has 0 radical (unpaired) electrons. The van der Waals surface area contributed by atoms with Crippen LogP contribution in [-0.2, 0) is 25.9 Å². The van der Waals surface area contributed by atoms with Crippen molar-refractivity contribution < 1.29 is 17.9 Å². The standard InChI is InChI=1S/C25H27N5O4S/c1-3-26-19-6-4-5-18(13-19)23-27-14-21-24(28-23)29-11-12-34-16-22(29)25(31)30(21)15-17-7-9-20(10-8-17)35(2,32)33/h4-10,13-14,22,26H,3,11-12,15-16H2,1-2H3. The topological polar surface area (TPSA) is 105 Å². The van der Waals surface area contributed by atoms with Crippen LogP contribution in [0, 0.1) is 0 Å². The summed E-state index contributed by atoms with van der Waals surface area (Å²) < 4.78 is 29.2. The van der Waals surface area contributed by atoms with Crippen molar-refractivity contribution in [3.63, 3.8) is 0 Å². The first-order valence-electron chi connectivity index (χ1n) is 11.5. The minimum Gasteiger partial charge on any atom is -0.385 e. The molecule has 9 nitrogen and oxygen atoms in total. The molecule has 1 atom stereocenters. The summed E-state index contributed by atoms with van der Waals surface area (Å²) in [6, 6.07) is 14.1. The molecule has 0 saturated carbocycles. The number of anilines is 3. The lowest BCUT2D eigenvalue weighted by Crippen LogP contribution is -2.58. The van der Waals surface area contributed by atoms with Crippen molar-refractivity contribution >= 4 is 32.9 Å². The van der Waals surface area contributed by atoms with Crippen LogP contribution in [0.5, 0.6) is 0 Å². The van der Waals surface area contributed by atoms with Gasteiger partial charge in [0.15, 0.2) is 21.5 Å². The second kappa shape index (κ2) is 9.27. The highest BCUT2D eigenvalue weighted by Crippen LogP contribution is 2.37. The summed E-state index contributed by atoms with van der Waals surface area (Å²) in [4.78, 5) is 26.9. The Hall–Kier alpha value is -3.50. The fourth-order valence-electron chi connectivity index (χ4n) is 4.43. The minimum absolute atomic E-state index is 0.0881. The van der Waals surface area contributed by atoms with Crippen LogP contribution in [0.4, 0.5) is 17.2 Å². The highest BCUT2D eigenvalue weighted by Gasteiger charge is 2.41. The molecule has 182 valence electrons. The van der Waals surface area contributed by atoms with Gasteiger partial charge in [-0.3, -0.25) is 4.79 Å². The molecule has 0 spiro atoms. The molecule has 0 aliphatic carbocycles. The van der Waals surface area contributed by atoms with Crippen molar-refractivity contribution in [1.82, 2.24) is 9.97 Å². The Kier molecular flexibility index (Phi) is 6.16. The van der Waals surface area contributed by atoms with Gasteiger partial charge >= 0.3 is 0 Å². The molecule has 1 saturated heterocycles. The highest BCUT2D eigenvalue weighted by molar-refractivity contribution is 7.90. The molecule has 3 aromatic rings. The predicted molar refractivity (Wildman–Crippen MR) is 134 cm³/mol. The molecule has 2 aromatic carbocycles. The summed E-state index contributed by atoms with van der Waals surface area (Å²) in [6.45, 7) is 4.50. The van der Waals surface area contributed by atoms with Crippen LogP contribution in [0.25, 0.3) is 11.4 Å². The molecule has 5 rings (SSSR count). The Bertz CT molecular complexity index is 1360. The molecule has 1 unspecified atom stereocenters. The van der Waals surface area contributed by atoms with Gasteiger partial charge in [0.2, 0.25) is 0 Å². The number of amides is 1. The summed E-state index contributed by atoms with van der Waals surface area (Å²) >= 11 is 0. The van der Waals surface area contributed by atoms with Crippen molar-refractivity contribution in [3.05, 3.63) is 60.3 Å². The number of sulfone groups is 1. The number of aromatic nitrogens is 2. The van der Waals surface area contributed by atoms with E-state index in [1.807, 2.05) is 36.1 Å². The van der Waals surface area contributed by atoms with Crippen LogP contribution in [0.15, 0.2) is 59.6 Å². The van der Waals surface area contributed by atoms with E-state index in [4.69, 9.17) is 9.72 Å². The van der Waals surface area contributed by atoms with Gasteiger partial charge in [0.05, 0.1) is 30.9 Å². The third kappa shape index (κ3) is 4.59. The highest BCUT2D eigenvalue weighted by atomic mass is 32.2. The molecule has 2 aliphatic heterocycles. The van der Waals surface area contributed by atoms with Crippen LogP contribution in [0.3, 0.4) is 0 Å². The van der Waals surface area contributed by atoms with E-state index >= 15 is 0 Å². The van der Waals surface area contributed by atoms with Gasteiger partial charge in [-0.1, -0.05) is 24.3 Å². The minimum atomic E-state index is -3.29. The third-order valence-electron chi connectivity index (χ3n) is 6.19. The molecule has 1 aromatic heterocycles. The van der Waals surface area contributed by atoms with Gasteiger partial charge < -0.3 is 19.9 Å². The number of ether oxygens (including phenoxy) is 1. The second-order valence-electron chi connectivity index (χ2n) is 8.64. The number of hydrogen-bond donors (Lipinski definition) is 1. The SMILES string of the molecule is CCNc1cccc(-c2ncc3c(n2)N2CCOCC2C(=O)N3Cc2ccc(S(C)(=O)=O)cc2)c1. The lowest BCUT2D eigenvalue weighted by atomic mass is 10.1. The van der Waals surface area contributed by atoms with Crippen molar-refractivity contribution in [2.24, 2.45) is 0 Å². The van der Waals surface area contributed by atoms with E-state index in [-0.39, 0.29) is 24.0 Å². The normalized spacial score (nSPS) is 17.7. The molecule has 35 heavy (non-hydrogen) atoms. The predicted octanol–water partition coefficient (Wildman–Crippen LogP) is 2.73. The lowest BCUT2D eigenvalue weighted by molar-refractivity contribution is -0.122. The van der Waals surface area contributed by atoms with Crippen molar-refractivity contribution in [1.29, 1.82) is 0 Å². The maximum atomic E-state index is 13.5. The Labute approximate surface area is 204 Å². The first kappa shape index (κ1) is 23.3. The number of benzene rings is 2. The van der Waals surface area contributed by atoms with E-state index in [1.165, 1.54) is 6.26 Å². The summed E-state index contributed by atoms with van der Waals surface area (Å²) in [5.41, 5.74) is 3.32. The number of nitrogens with zero attached hydrogens (tertiary/aromatic N) is 4. The third-order valence-corrected chi connectivity index (χ3v) is 7.31. The average Bonchev–Trinajstić information content (AvgIpc) is 2.86. The zero-order valence-corrected chi connectivity index (χ0v) is 20.5. The van der Waals surface area contributed by atoms with Gasteiger partial charge in [0.25, 0.3) is 5.91 Å². The molecule has 10 heteroatoms. The van der Waals surface area contributed by atoms with Crippen LogP contribution < -0.4 is 15.1 Å².